The number of hydrogen-bond acceptors (Lipinski definition) is 0. The van der Waals surface area contributed by atoms with Crippen LogP contribution in [0.3, 0.4) is 0 Å². The van der Waals surface area contributed by atoms with Gasteiger partial charge in [0, 0.05) is 9.52 Å². The van der Waals surface area contributed by atoms with Crippen molar-refractivity contribution < 1.29 is 51.0 Å². The summed E-state index contributed by atoms with van der Waals surface area (Å²) in [7, 11) is 1.08. The second-order valence-electron chi connectivity index (χ2n) is 7.35. The fraction of sp³-hybridized carbons (Fsp3) is 0.185. The third kappa shape index (κ3) is 7.43. The van der Waals surface area contributed by atoms with Crippen molar-refractivity contribution >= 4 is 41.8 Å². The Hall–Kier alpha value is -1.18. The standard InChI is InChI=1S/C13H9.C12H13.C2H6Si.2ClH.Zr/c1-2-6-12-10(4-1)8-9-11-5-3-7-13(11)12;1-9(2)11-8-7-10-5-3-4-6-12(10)11;1-3-2;;;/h1-9H;3-9H,1-2H3;1-2H3;2*1H;/q2*-1;;;;+4/p-2. The van der Waals surface area contributed by atoms with E-state index < -0.39 is 0 Å². The Morgan fingerprint density at radius 2 is 1.26 bits per heavy atom. The zero-order chi connectivity index (χ0) is 19.9. The predicted octanol–water partition coefficient (Wildman–Crippen LogP) is 2.19. The molecule has 4 heteroatoms. The van der Waals surface area contributed by atoms with E-state index in [0.29, 0.717) is 5.92 Å². The quantitative estimate of drug-likeness (QED) is 0.225. The summed E-state index contributed by atoms with van der Waals surface area (Å²) in [6.07, 6.45) is 0. The summed E-state index contributed by atoms with van der Waals surface area (Å²) in [5, 5.41) is 8.14. The molecule has 0 saturated heterocycles. The molecule has 0 aliphatic carbocycles. The molecule has 5 aromatic rings. The number of benzene rings is 3. The maximum atomic E-state index is 2.24. The summed E-state index contributed by atoms with van der Waals surface area (Å²) in [6.45, 7) is 8.78. The van der Waals surface area contributed by atoms with Crippen LogP contribution in [0, 0.1) is 0 Å². The van der Waals surface area contributed by atoms with Crippen LogP contribution >= 0.6 is 0 Å². The van der Waals surface area contributed by atoms with E-state index >= 15 is 0 Å². The second kappa shape index (κ2) is 14.8. The van der Waals surface area contributed by atoms with Crippen molar-refractivity contribution in [2.45, 2.75) is 32.9 Å². The second-order valence-corrected chi connectivity index (χ2v) is 8.35. The van der Waals surface area contributed by atoms with Crippen LogP contribution in [0.4, 0.5) is 0 Å². The minimum absolute atomic E-state index is 0. The monoisotopic (exact) mass is 540 g/mol. The van der Waals surface area contributed by atoms with Crippen molar-refractivity contribution in [1.82, 2.24) is 0 Å². The molecule has 0 fully saturated rings. The zero-order valence-corrected chi connectivity index (χ0v) is 23.5. The molecule has 0 atom stereocenters. The molecule has 5 rings (SSSR count). The fourth-order valence-electron chi connectivity index (χ4n) is 3.57. The molecule has 0 unspecified atom stereocenters. The molecular weight excluding hydrogens is 515 g/mol. The SMILES string of the molecule is CC(C)c1c[cH-]c2ccccc12.C[Si]C.[Cl-].[Cl-].[Zr+4].c1ccc2c(c1)ccc1[cH-]ccc12. The van der Waals surface area contributed by atoms with Gasteiger partial charge in [-0.2, -0.15) is 17.7 Å². The fourth-order valence-corrected chi connectivity index (χ4v) is 3.57. The third-order valence-electron chi connectivity index (χ3n) is 4.88. The normalized spacial score (nSPS) is 9.58. The average Bonchev–Trinajstić information content (AvgIpc) is 3.36. The van der Waals surface area contributed by atoms with E-state index in [1.165, 1.54) is 37.9 Å². The molecule has 0 aliphatic rings. The topological polar surface area (TPSA) is 0 Å². The van der Waals surface area contributed by atoms with Crippen LogP contribution in [0.15, 0.2) is 91.0 Å². The van der Waals surface area contributed by atoms with Crippen molar-refractivity contribution in [3.05, 3.63) is 96.6 Å². The predicted molar refractivity (Wildman–Crippen MR) is 128 cm³/mol. The first kappa shape index (κ1) is 29.8. The average molecular weight is 543 g/mol. The van der Waals surface area contributed by atoms with E-state index in [9.17, 15) is 0 Å². The summed E-state index contributed by atoms with van der Waals surface area (Å²) in [5.41, 5.74) is 1.46. The van der Waals surface area contributed by atoms with Gasteiger partial charge in [-0.3, -0.25) is 0 Å². The van der Waals surface area contributed by atoms with Gasteiger partial charge in [0.1, 0.15) is 0 Å². The van der Waals surface area contributed by atoms with Gasteiger partial charge in [-0.15, -0.1) is 64.0 Å². The van der Waals surface area contributed by atoms with Crippen LogP contribution in [-0.4, -0.2) is 9.52 Å². The maximum Gasteiger partial charge on any atom is 4.00 e. The van der Waals surface area contributed by atoms with E-state index in [2.05, 4.69) is 118 Å². The Labute approximate surface area is 220 Å². The van der Waals surface area contributed by atoms with E-state index in [4.69, 9.17) is 0 Å². The van der Waals surface area contributed by atoms with Crippen molar-refractivity contribution in [1.29, 1.82) is 0 Å². The van der Waals surface area contributed by atoms with E-state index in [0.717, 1.165) is 9.52 Å². The van der Waals surface area contributed by atoms with Gasteiger partial charge in [-0.05, 0) is 5.39 Å². The van der Waals surface area contributed by atoms with Gasteiger partial charge in [0.05, 0.1) is 0 Å². The molecule has 0 N–H and O–H groups in total. The summed E-state index contributed by atoms with van der Waals surface area (Å²) < 4.78 is 0. The number of hydrogen-bond donors (Lipinski definition) is 0. The third-order valence-corrected chi connectivity index (χ3v) is 4.88. The zero-order valence-electron chi connectivity index (χ0n) is 18.5. The number of fused-ring (bicyclic) bond motifs is 4. The Morgan fingerprint density at radius 1 is 0.677 bits per heavy atom. The molecule has 0 heterocycles. The molecule has 31 heavy (non-hydrogen) atoms. The molecule has 5 aromatic carbocycles. The Kier molecular flexibility index (Phi) is 14.2. The molecule has 0 spiro atoms. The minimum atomic E-state index is 0. The van der Waals surface area contributed by atoms with Crippen molar-refractivity contribution in [3.8, 4) is 0 Å². The summed E-state index contributed by atoms with van der Waals surface area (Å²) in [4.78, 5) is 0. The summed E-state index contributed by atoms with van der Waals surface area (Å²) in [6, 6.07) is 32.3. The molecule has 0 saturated carbocycles. The van der Waals surface area contributed by atoms with E-state index in [1.807, 2.05) is 0 Å². The van der Waals surface area contributed by atoms with Crippen LogP contribution in [0.1, 0.15) is 25.3 Å². The van der Waals surface area contributed by atoms with Crippen molar-refractivity contribution in [2.24, 2.45) is 0 Å². The summed E-state index contributed by atoms with van der Waals surface area (Å²) >= 11 is 0. The Balaban J connectivity index is 0.000000477. The van der Waals surface area contributed by atoms with Gasteiger partial charge in [0.2, 0.25) is 0 Å². The van der Waals surface area contributed by atoms with Crippen LogP contribution in [0.25, 0.3) is 32.3 Å². The van der Waals surface area contributed by atoms with E-state index in [-0.39, 0.29) is 51.0 Å². The molecule has 0 nitrogen and oxygen atoms in total. The molecule has 0 amide bonds. The van der Waals surface area contributed by atoms with Gasteiger partial charge >= 0.3 is 26.2 Å². The molecule has 2 radical (unpaired) electrons. The maximum absolute atomic E-state index is 2.24. The van der Waals surface area contributed by atoms with Gasteiger partial charge < -0.3 is 24.8 Å². The van der Waals surface area contributed by atoms with Crippen LogP contribution in [-0.2, 0) is 26.2 Å². The minimum Gasteiger partial charge on any atom is -1.00 e. The molecule has 0 aliphatic heterocycles. The van der Waals surface area contributed by atoms with Gasteiger partial charge in [-0.1, -0.05) is 74.6 Å². The first-order valence-electron chi connectivity index (χ1n) is 9.91. The number of rotatable bonds is 1. The largest absolute Gasteiger partial charge is 4.00 e. The van der Waals surface area contributed by atoms with Gasteiger partial charge in [-0.25, -0.2) is 0 Å². The number of halogens is 2. The molecule has 0 aromatic heterocycles. The molecule has 158 valence electrons. The first-order valence-corrected chi connectivity index (χ1v) is 11.9. The molecule has 0 bridgehead atoms. The van der Waals surface area contributed by atoms with E-state index in [1.54, 1.807) is 0 Å². The van der Waals surface area contributed by atoms with Crippen molar-refractivity contribution in [3.63, 3.8) is 0 Å². The smallest absolute Gasteiger partial charge is 1.00 e. The van der Waals surface area contributed by atoms with Gasteiger partial charge in [0.15, 0.2) is 0 Å². The Morgan fingerprint density at radius 3 is 1.94 bits per heavy atom. The van der Waals surface area contributed by atoms with Crippen LogP contribution in [0.5, 0.6) is 0 Å². The first-order chi connectivity index (χ1) is 13.7. The molecular formula is C27H28Cl2SiZr. The Bertz CT molecular complexity index is 1160. The van der Waals surface area contributed by atoms with Crippen LogP contribution in [0.2, 0.25) is 13.1 Å². The summed E-state index contributed by atoms with van der Waals surface area (Å²) in [5.74, 6) is 0.630. The van der Waals surface area contributed by atoms with Gasteiger partial charge in [0.25, 0.3) is 0 Å². The van der Waals surface area contributed by atoms with Crippen LogP contribution < -0.4 is 24.8 Å². The van der Waals surface area contributed by atoms with Crippen molar-refractivity contribution in [2.75, 3.05) is 0 Å².